The molecule has 0 saturated carbocycles. The number of hydrogen-bond donors (Lipinski definition) is 3. The highest BCUT2D eigenvalue weighted by Gasteiger charge is 2.34. The molecule has 1 aromatic rings. The lowest BCUT2D eigenvalue weighted by molar-refractivity contribution is -0.136. The van der Waals surface area contributed by atoms with Crippen molar-refractivity contribution in [2.24, 2.45) is 5.92 Å². The molecule has 8 heteroatoms. The zero-order valence-electron chi connectivity index (χ0n) is 11.2. The monoisotopic (exact) mass is 303 g/mol. The highest BCUT2D eigenvalue weighted by Crippen LogP contribution is 2.36. The van der Waals surface area contributed by atoms with Crippen molar-refractivity contribution in [3.8, 4) is 0 Å². The van der Waals surface area contributed by atoms with Crippen LogP contribution in [-0.4, -0.2) is 30.8 Å². The van der Waals surface area contributed by atoms with E-state index in [4.69, 9.17) is 10.8 Å². The van der Waals surface area contributed by atoms with Crippen molar-refractivity contribution in [2.75, 3.05) is 30.3 Å². The van der Waals surface area contributed by atoms with E-state index in [0.717, 1.165) is 12.5 Å². The van der Waals surface area contributed by atoms with Gasteiger partial charge in [-0.1, -0.05) is 0 Å². The number of carbonyl (C=O) groups is 1. The van der Waals surface area contributed by atoms with Gasteiger partial charge in [0, 0.05) is 31.0 Å². The second-order valence-corrected chi connectivity index (χ2v) is 5.06. The van der Waals surface area contributed by atoms with Gasteiger partial charge >= 0.3 is 12.3 Å². The second-order valence-electron chi connectivity index (χ2n) is 5.06. The van der Waals surface area contributed by atoms with Gasteiger partial charge in [0.25, 0.3) is 0 Å². The summed E-state index contributed by atoms with van der Waals surface area (Å²) in [6.07, 6.45) is -4.85. The van der Waals surface area contributed by atoms with Gasteiger partial charge in [0.05, 0.1) is 5.56 Å². The molecule has 1 atom stereocenters. The van der Waals surface area contributed by atoms with E-state index in [1.165, 1.54) is 6.07 Å². The van der Waals surface area contributed by atoms with Gasteiger partial charge in [0.15, 0.2) is 0 Å². The van der Waals surface area contributed by atoms with E-state index in [1.807, 2.05) is 4.90 Å². The van der Waals surface area contributed by atoms with Crippen molar-refractivity contribution in [1.82, 2.24) is 5.32 Å². The van der Waals surface area contributed by atoms with Crippen molar-refractivity contribution in [3.05, 3.63) is 23.8 Å². The topological polar surface area (TPSA) is 78.6 Å². The highest BCUT2D eigenvalue weighted by atomic mass is 19.4. The number of nitrogen functional groups attached to an aromatic ring is 1. The van der Waals surface area contributed by atoms with E-state index in [2.05, 4.69) is 5.32 Å². The molecule has 0 aliphatic carbocycles. The predicted molar refractivity (Wildman–Crippen MR) is 72.2 cm³/mol. The molecule has 1 heterocycles. The molecule has 5 nitrogen and oxygen atoms in total. The van der Waals surface area contributed by atoms with Gasteiger partial charge in [-0.3, -0.25) is 0 Å². The molecule has 1 aliphatic rings. The summed E-state index contributed by atoms with van der Waals surface area (Å²) in [5.74, 6) is 0.0907. The molecule has 0 bridgehead atoms. The number of hydrogen-bond acceptors (Lipinski definition) is 3. The predicted octanol–water partition coefficient (Wildman–Crippen LogP) is 2.38. The van der Waals surface area contributed by atoms with Gasteiger partial charge < -0.3 is 21.1 Å². The maximum absolute atomic E-state index is 12.8. The quantitative estimate of drug-likeness (QED) is 0.749. The summed E-state index contributed by atoms with van der Waals surface area (Å²) in [5, 5.41) is 10.8. The number of nitrogens with one attached hydrogen (secondary N) is 1. The van der Waals surface area contributed by atoms with Crippen molar-refractivity contribution >= 4 is 17.5 Å². The molecule has 1 saturated heterocycles. The molecule has 21 heavy (non-hydrogen) atoms. The molecule has 1 unspecified atom stereocenters. The van der Waals surface area contributed by atoms with E-state index in [0.29, 0.717) is 25.3 Å². The Bertz CT molecular complexity index is 534. The number of halogens is 3. The molecular formula is C13H16F3N3O2. The molecular weight excluding hydrogens is 287 g/mol. The number of amides is 1. The molecule has 1 aromatic carbocycles. The lowest BCUT2D eigenvalue weighted by Gasteiger charge is -2.21. The fraction of sp³-hybridized carbons (Fsp3) is 0.462. The summed E-state index contributed by atoms with van der Waals surface area (Å²) < 4.78 is 38.5. The van der Waals surface area contributed by atoms with E-state index in [-0.39, 0.29) is 11.6 Å². The zero-order chi connectivity index (χ0) is 15.6. The second kappa shape index (κ2) is 5.71. The van der Waals surface area contributed by atoms with Crippen molar-refractivity contribution < 1.29 is 23.1 Å². The number of rotatable bonds is 3. The minimum Gasteiger partial charge on any atom is -0.465 e. The molecule has 1 fully saturated rings. The number of nitrogens with zero attached hydrogens (tertiary/aromatic N) is 1. The molecule has 0 radical (unpaired) electrons. The zero-order valence-corrected chi connectivity index (χ0v) is 11.2. The maximum atomic E-state index is 12.8. The Morgan fingerprint density at radius 2 is 2.19 bits per heavy atom. The van der Waals surface area contributed by atoms with Crippen LogP contribution in [0.4, 0.5) is 29.3 Å². The normalized spacial score (nSPS) is 18.8. The van der Waals surface area contributed by atoms with Crippen LogP contribution in [0.25, 0.3) is 0 Å². The summed E-state index contributed by atoms with van der Waals surface area (Å²) in [6, 6.07) is 3.85. The van der Waals surface area contributed by atoms with Crippen LogP contribution in [0.15, 0.2) is 18.2 Å². The lowest BCUT2D eigenvalue weighted by atomic mass is 10.1. The van der Waals surface area contributed by atoms with Crippen LogP contribution in [0, 0.1) is 5.92 Å². The van der Waals surface area contributed by atoms with Gasteiger partial charge in [0.1, 0.15) is 0 Å². The Hall–Kier alpha value is -2.12. The van der Waals surface area contributed by atoms with Crippen molar-refractivity contribution in [1.29, 1.82) is 0 Å². The first-order valence-electron chi connectivity index (χ1n) is 6.46. The van der Waals surface area contributed by atoms with Crippen molar-refractivity contribution in [2.45, 2.75) is 12.6 Å². The van der Waals surface area contributed by atoms with Crippen LogP contribution in [-0.2, 0) is 6.18 Å². The molecule has 0 aromatic heterocycles. The first-order valence-corrected chi connectivity index (χ1v) is 6.46. The molecule has 4 N–H and O–H groups in total. The average Bonchev–Trinajstić information content (AvgIpc) is 2.84. The molecule has 116 valence electrons. The Balaban J connectivity index is 2.08. The van der Waals surface area contributed by atoms with E-state index >= 15 is 0 Å². The smallest absolute Gasteiger partial charge is 0.418 e. The van der Waals surface area contributed by atoms with Gasteiger partial charge in [-0.2, -0.15) is 13.2 Å². The Kier molecular flexibility index (Phi) is 4.15. The fourth-order valence-electron chi connectivity index (χ4n) is 2.45. The summed E-state index contributed by atoms with van der Waals surface area (Å²) >= 11 is 0. The van der Waals surface area contributed by atoms with Crippen LogP contribution in [0.1, 0.15) is 12.0 Å². The number of carboxylic acid groups (broad SMARTS) is 1. The van der Waals surface area contributed by atoms with Crippen LogP contribution in [0.5, 0.6) is 0 Å². The number of anilines is 2. The molecule has 1 aliphatic heterocycles. The third-order valence-corrected chi connectivity index (χ3v) is 3.54. The number of benzene rings is 1. The van der Waals surface area contributed by atoms with Gasteiger partial charge in [-0.25, -0.2) is 4.79 Å². The van der Waals surface area contributed by atoms with Crippen LogP contribution in [0.3, 0.4) is 0 Å². The number of nitrogens with two attached hydrogens (primary N) is 1. The Labute approximate surface area is 119 Å². The summed E-state index contributed by atoms with van der Waals surface area (Å²) in [4.78, 5) is 12.2. The van der Waals surface area contributed by atoms with Crippen LogP contribution >= 0.6 is 0 Å². The Morgan fingerprint density at radius 1 is 1.48 bits per heavy atom. The summed E-state index contributed by atoms with van der Waals surface area (Å²) in [7, 11) is 0. The third-order valence-electron chi connectivity index (χ3n) is 3.54. The molecule has 1 amide bonds. The van der Waals surface area contributed by atoms with Gasteiger partial charge in [0.2, 0.25) is 0 Å². The third kappa shape index (κ3) is 3.71. The van der Waals surface area contributed by atoms with Gasteiger partial charge in [-0.15, -0.1) is 0 Å². The first kappa shape index (κ1) is 15.3. The summed E-state index contributed by atoms with van der Waals surface area (Å²) in [5.41, 5.74) is 4.68. The largest absolute Gasteiger partial charge is 0.465 e. The molecule has 2 rings (SSSR count). The van der Waals surface area contributed by atoms with E-state index in [1.54, 1.807) is 6.07 Å². The van der Waals surface area contributed by atoms with Crippen LogP contribution in [0.2, 0.25) is 0 Å². The van der Waals surface area contributed by atoms with E-state index < -0.39 is 17.8 Å². The summed E-state index contributed by atoms with van der Waals surface area (Å²) in [6.45, 7) is 1.40. The van der Waals surface area contributed by atoms with Gasteiger partial charge in [-0.05, 0) is 30.5 Å². The standard InChI is InChI=1S/C13H16F3N3O2/c14-13(15,16)10-5-9(1-2-11(10)17)19-4-3-8(7-19)6-18-12(20)21/h1-2,5,8,18H,3-4,6-7,17H2,(H,20,21). The minimum absolute atomic E-state index is 0.0907. The number of alkyl halides is 3. The lowest BCUT2D eigenvalue weighted by Crippen LogP contribution is -2.29. The SMILES string of the molecule is Nc1ccc(N2CCC(CNC(=O)O)C2)cc1C(F)(F)F. The Morgan fingerprint density at radius 3 is 2.81 bits per heavy atom. The minimum atomic E-state index is -4.48. The van der Waals surface area contributed by atoms with Crippen molar-refractivity contribution in [3.63, 3.8) is 0 Å². The first-order chi connectivity index (χ1) is 9.77. The van der Waals surface area contributed by atoms with Crippen LogP contribution < -0.4 is 16.0 Å². The molecule has 0 spiro atoms. The van der Waals surface area contributed by atoms with E-state index in [9.17, 15) is 18.0 Å². The fourth-order valence-corrected chi connectivity index (χ4v) is 2.45. The average molecular weight is 303 g/mol. The maximum Gasteiger partial charge on any atom is 0.418 e. The highest BCUT2D eigenvalue weighted by molar-refractivity contribution is 5.64.